The van der Waals surface area contributed by atoms with Crippen LogP contribution in [0.2, 0.25) is 0 Å². The molecule has 3 nitrogen and oxygen atoms in total. The molecule has 0 saturated heterocycles. The Hall–Kier alpha value is -1.05. The van der Waals surface area contributed by atoms with Crippen LogP contribution < -0.4 is 5.32 Å². The zero-order valence-electron chi connectivity index (χ0n) is 9.29. The first-order chi connectivity index (χ1) is 7.77. The van der Waals surface area contributed by atoms with Gasteiger partial charge in [-0.25, -0.2) is 0 Å². The van der Waals surface area contributed by atoms with Gasteiger partial charge in [-0.05, 0) is 31.0 Å². The standard InChI is InChI=1S/C12H15BrN2O/c1-16-7-3-2-6-15-12-8-11(13)5-4-10(12)9-14/h4-5,8,15H,2-3,6-7H2,1H3. The molecule has 4 heteroatoms. The predicted octanol–water partition coefficient (Wildman–Crippen LogP) is 3.16. The Morgan fingerprint density at radius 2 is 2.25 bits per heavy atom. The summed E-state index contributed by atoms with van der Waals surface area (Å²) in [5.74, 6) is 0. The van der Waals surface area contributed by atoms with Gasteiger partial charge in [-0.3, -0.25) is 0 Å². The topological polar surface area (TPSA) is 45.0 Å². The van der Waals surface area contributed by atoms with Gasteiger partial charge in [0, 0.05) is 24.7 Å². The fourth-order valence-corrected chi connectivity index (χ4v) is 1.72. The van der Waals surface area contributed by atoms with Crippen LogP contribution >= 0.6 is 15.9 Å². The Bertz CT molecular complexity index is 374. The number of unbranched alkanes of at least 4 members (excludes halogenated alkanes) is 1. The summed E-state index contributed by atoms with van der Waals surface area (Å²) in [5.41, 5.74) is 1.56. The summed E-state index contributed by atoms with van der Waals surface area (Å²) < 4.78 is 5.95. The molecule has 86 valence electrons. The van der Waals surface area contributed by atoms with Gasteiger partial charge in [-0.15, -0.1) is 0 Å². The van der Waals surface area contributed by atoms with Crippen molar-refractivity contribution in [3.05, 3.63) is 28.2 Å². The molecule has 0 saturated carbocycles. The number of nitrogens with one attached hydrogen (secondary N) is 1. The third-order valence-corrected chi connectivity index (χ3v) is 2.69. The van der Waals surface area contributed by atoms with Gasteiger partial charge in [0.25, 0.3) is 0 Å². The minimum absolute atomic E-state index is 0.676. The van der Waals surface area contributed by atoms with E-state index in [1.54, 1.807) is 7.11 Å². The molecule has 0 aliphatic carbocycles. The van der Waals surface area contributed by atoms with E-state index >= 15 is 0 Å². The van der Waals surface area contributed by atoms with Crippen molar-refractivity contribution in [3.63, 3.8) is 0 Å². The summed E-state index contributed by atoms with van der Waals surface area (Å²) in [6.45, 7) is 1.64. The van der Waals surface area contributed by atoms with Crippen molar-refractivity contribution < 1.29 is 4.74 Å². The quantitative estimate of drug-likeness (QED) is 0.816. The maximum absolute atomic E-state index is 8.92. The maximum atomic E-state index is 8.92. The molecule has 16 heavy (non-hydrogen) atoms. The van der Waals surface area contributed by atoms with E-state index in [-0.39, 0.29) is 0 Å². The average Bonchev–Trinajstić information content (AvgIpc) is 2.29. The number of ether oxygens (including phenoxy) is 1. The van der Waals surface area contributed by atoms with Gasteiger partial charge < -0.3 is 10.1 Å². The van der Waals surface area contributed by atoms with Gasteiger partial charge in [0.1, 0.15) is 6.07 Å². The van der Waals surface area contributed by atoms with E-state index < -0.39 is 0 Å². The van der Waals surface area contributed by atoms with Crippen LogP contribution in [0.25, 0.3) is 0 Å². The van der Waals surface area contributed by atoms with E-state index in [0.29, 0.717) is 5.56 Å². The SMILES string of the molecule is COCCCCNc1cc(Br)ccc1C#N. The number of rotatable bonds is 6. The monoisotopic (exact) mass is 282 g/mol. The lowest BCUT2D eigenvalue weighted by atomic mass is 10.2. The summed E-state index contributed by atoms with van der Waals surface area (Å²) in [5, 5.41) is 12.2. The highest BCUT2D eigenvalue weighted by molar-refractivity contribution is 9.10. The molecule has 0 fully saturated rings. The fraction of sp³-hybridized carbons (Fsp3) is 0.417. The van der Waals surface area contributed by atoms with Crippen molar-refractivity contribution in [2.75, 3.05) is 25.6 Å². The summed E-state index contributed by atoms with van der Waals surface area (Å²) in [7, 11) is 1.70. The molecule has 0 radical (unpaired) electrons. The Morgan fingerprint density at radius 3 is 2.94 bits per heavy atom. The van der Waals surface area contributed by atoms with Crippen molar-refractivity contribution in [2.45, 2.75) is 12.8 Å². The predicted molar refractivity (Wildman–Crippen MR) is 68.5 cm³/mol. The van der Waals surface area contributed by atoms with Gasteiger partial charge in [0.2, 0.25) is 0 Å². The van der Waals surface area contributed by atoms with E-state index in [2.05, 4.69) is 27.3 Å². The summed E-state index contributed by atoms with van der Waals surface area (Å²) >= 11 is 3.39. The zero-order chi connectivity index (χ0) is 11.8. The first kappa shape index (κ1) is 13.0. The second-order valence-corrected chi connectivity index (χ2v) is 4.34. The molecule has 0 unspecified atom stereocenters. The Balaban J connectivity index is 2.46. The van der Waals surface area contributed by atoms with Gasteiger partial charge >= 0.3 is 0 Å². The van der Waals surface area contributed by atoms with Gasteiger partial charge in [-0.1, -0.05) is 15.9 Å². The van der Waals surface area contributed by atoms with Crippen LogP contribution in [0, 0.1) is 11.3 Å². The number of benzene rings is 1. The number of anilines is 1. The number of hydrogen-bond acceptors (Lipinski definition) is 3. The molecule has 0 amide bonds. The molecule has 1 aromatic carbocycles. The molecule has 1 aromatic rings. The second-order valence-electron chi connectivity index (χ2n) is 3.43. The summed E-state index contributed by atoms with van der Waals surface area (Å²) in [6.07, 6.45) is 2.06. The number of methoxy groups -OCH3 is 1. The van der Waals surface area contributed by atoms with E-state index in [1.807, 2.05) is 18.2 Å². The molecule has 0 bridgehead atoms. The highest BCUT2D eigenvalue weighted by Crippen LogP contribution is 2.20. The Labute approximate surface area is 105 Å². The molecule has 0 atom stereocenters. The average molecular weight is 283 g/mol. The minimum Gasteiger partial charge on any atom is -0.385 e. The maximum Gasteiger partial charge on any atom is 0.101 e. The molecule has 1 N–H and O–H groups in total. The largest absolute Gasteiger partial charge is 0.385 e. The van der Waals surface area contributed by atoms with Crippen molar-refractivity contribution in [3.8, 4) is 6.07 Å². The molecule has 0 aliphatic rings. The first-order valence-electron chi connectivity index (χ1n) is 5.20. The van der Waals surface area contributed by atoms with E-state index in [1.165, 1.54) is 0 Å². The molecule has 0 spiro atoms. The lowest BCUT2D eigenvalue weighted by molar-refractivity contribution is 0.194. The highest BCUT2D eigenvalue weighted by atomic mass is 79.9. The lowest BCUT2D eigenvalue weighted by Gasteiger charge is -2.08. The number of halogens is 1. The molecule has 0 heterocycles. The zero-order valence-corrected chi connectivity index (χ0v) is 10.9. The molecule has 0 aliphatic heterocycles. The van der Waals surface area contributed by atoms with Crippen LogP contribution in [0.3, 0.4) is 0 Å². The van der Waals surface area contributed by atoms with E-state index in [9.17, 15) is 0 Å². The first-order valence-corrected chi connectivity index (χ1v) is 5.99. The summed E-state index contributed by atoms with van der Waals surface area (Å²) in [4.78, 5) is 0. The van der Waals surface area contributed by atoms with E-state index in [0.717, 1.165) is 36.2 Å². The highest BCUT2D eigenvalue weighted by Gasteiger charge is 2.01. The van der Waals surface area contributed by atoms with Crippen molar-refractivity contribution in [2.24, 2.45) is 0 Å². The van der Waals surface area contributed by atoms with Crippen LogP contribution in [0.4, 0.5) is 5.69 Å². The molecule has 1 rings (SSSR count). The van der Waals surface area contributed by atoms with Crippen LogP contribution in [-0.2, 0) is 4.74 Å². The van der Waals surface area contributed by atoms with Crippen LogP contribution in [0.1, 0.15) is 18.4 Å². The number of hydrogen-bond donors (Lipinski definition) is 1. The van der Waals surface area contributed by atoms with Gasteiger partial charge in [0.15, 0.2) is 0 Å². The third kappa shape index (κ3) is 4.21. The van der Waals surface area contributed by atoms with Crippen molar-refractivity contribution in [1.82, 2.24) is 0 Å². The lowest BCUT2D eigenvalue weighted by Crippen LogP contribution is -2.04. The number of nitrogens with zero attached hydrogens (tertiary/aromatic N) is 1. The van der Waals surface area contributed by atoms with Crippen molar-refractivity contribution in [1.29, 1.82) is 5.26 Å². The normalized spacial score (nSPS) is 9.81. The second kappa shape index (κ2) is 7.26. The van der Waals surface area contributed by atoms with E-state index in [4.69, 9.17) is 10.00 Å². The minimum atomic E-state index is 0.676. The molecule has 0 aromatic heterocycles. The number of nitriles is 1. The van der Waals surface area contributed by atoms with Crippen LogP contribution in [0.5, 0.6) is 0 Å². The molecular formula is C12H15BrN2O. The Kier molecular flexibility index (Phi) is 5.91. The third-order valence-electron chi connectivity index (χ3n) is 2.19. The van der Waals surface area contributed by atoms with Crippen LogP contribution in [-0.4, -0.2) is 20.3 Å². The summed E-state index contributed by atoms with van der Waals surface area (Å²) in [6, 6.07) is 7.77. The Morgan fingerprint density at radius 1 is 1.44 bits per heavy atom. The molecular weight excluding hydrogens is 268 g/mol. The fourth-order valence-electron chi connectivity index (χ4n) is 1.35. The van der Waals surface area contributed by atoms with Crippen molar-refractivity contribution >= 4 is 21.6 Å². The smallest absolute Gasteiger partial charge is 0.101 e. The van der Waals surface area contributed by atoms with Gasteiger partial charge in [0.05, 0.1) is 11.3 Å². The van der Waals surface area contributed by atoms with Crippen LogP contribution in [0.15, 0.2) is 22.7 Å². The van der Waals surface area contributed by atoms with Gasteiger partial charge in [-0.2, -0.15) is 5.26 Å².